The number of rotatable bonds is 3. The molecule has 0 saturated heterocycles. The zero-order chi connectivity index (χ0) is 14.9. The van der Waals surface area contributed by atoms with Gasteiger partial charge in [0.15, 0.2) is 0 Å². The van der Waals surface area contributed by atoms with Crippen LogP contribution in [0.15, 0.2) is 34.8 Å². The van der Waals surface area contributed by atoms with E-state index in [1.165, 1.54) is 0 Å². The Morgan fingerprint density at radius 2 is 1.85 bits per heavy atom. The molecule has 0 atom stereocenters. The SMILES string of the molecule is Cc1cc(C(=O)O)c(C(C)C)nc1-c1ccc(Br)cc1. The molecule has 2 rings (SSSR count). The largest absolute Gasteiger partial charge is 0.478 e. The lowest BCUT2D eigenvalue weighted by Crippen LogP contribution is -2.08. The number of carbonyl (C=O) groups is 1. The number of benzene rings is 1. The third kappa shape index (κ3) is 2.90. The standard InChI is InChI=1S/C16H16BrNO2/c1-9(2)14-13(16(19)20)8-10(3)15(18-14)11-4-6-12(17)7-5-11/h4-9H,1-3H3,(H,19,20). The molecule has 1 heterocycles. The summed E-state index contributed by atoms with van der Waals surface area (Å²) in [7, 11) is 0. The minimum absolute atomic E-state index is 0.0656. The van der Waals surface area contributed by atoms with Crippen molar-refractivity contribution in [3.05, 3.63) is 51.6 Å². The average Bonchev–Trinajstić information content (AvgIpc) is 2.39. The van der Waals surface area contributed by atoms with Crippen LogP contribution in [0.3, 0.4) is 0 Å². The van der Waals surface area contributed by atoms with Crippen LogP contribution in [0.2, 0.25) is 0 Å². The van der Waals surface area contributed by atoms with Crippen molar-refractivity contribution in [2.75, 3.05) is 0 Å². The first-order chi connectivity index (χ1) is 9.40. The highest BCUT2D eigenvalue weighted by Gasteiger charge is 2.18. The van der Waals surface area contributed by atoms with Crippen LogP contribution in [0.4, 0.5) is 0 Å². The molecule has 3 nitrogen and oxygen atoms in total. The number of pyridine rings is 1. The Hall–Kier alpha value is -1.68. The summed E-state index contributed by atoms with van der Waals surface area (Å²) in [5.41, 5.74) is 3.62. The first kappa shape index (κ1) is 14.7. The van der Waals surface area contributed by atoms with E-state index in [0.717, 1.165) is 21.3 Å². The molecule has 1 aromatic heterocycles. The van der Waals surface area contributed by atoms with Crippen molar-refractivity contribution in [1.29, 1.82) is 0 Å². The van der Waals surface area contributed by atoms with Crippen LogP contribution in [-0.2, 0) is 0 Å². The molecule has 2 aromatic rings. The summed E-state index contributed by atoms with van der Waals surface area (Å²) >= 11 is 3.41. The second kappa shape index (κ2) is 5.75. The first-order valence-electron chi connectivity index (χ1n) is 6.41. The smallest absolute Gasteiger partial charge is 0.337 e. The Morgan fingerprint density at radius 1 is 1.25 bits per heavy atom. The molecule has 0 aliphatic heterocycles. The number of nitrogens with zero attached hydrogens (tertiary/aromatic N) is 1. The minimum atomic E-state index is -0.924. The molecule has 0 spiro atoms. The third-order valence-electron chi connectivity index (χ3n) is 3.14. The van der Waals surface area contributed by atoms with Gasteiger partial charge in [0.1, 0.15) is 0 Å². The number of aryl methyl sites for hydroxylation is 1. The van der Waals surface area contributed by atoms with Crippen LogP contribution >= 0.6 is 15.9 Å². The Kier molecular flexibility index (Phi) is 4.23. The van der Waals surface area contributed by atoms with Crippen molar-refractivity contribution >= 4 is 21.9 Å². The molecule has 0 aliphatic rings. The fourth-order valence-corrected chi connectivity index (χ4v) is 2.40. The normalized spacial score (nSPS) is 10.8. The number of carboxylic acids is 1. The van der Waals surface area contributed by atoms with Crippen molar-refractivity contribution in [2.45, 2.75) is 26.7 Å². The molecule has 1 N–H and O–H groups in total. The molecule has 0 unspecified atom stereocenters. The lowest BCUT2D eigenvalue weighted by atomic mass is 9.98. The summed E-state index contributed by atoms with van der Waals surface area (Å²) in [6.07, 6.45) is 0. The molecule has 20 heavy (non-hydrogen) atoms. The first-order valence-corrected chi connectivity index (χ1v) is 7.20. The highest BCUT2D eigenvalue weighted by molar-refractivity contribution is 9.10. The molecule has 0 aliphatic carbocycles. The molecular formula is C16H16BrNO2. The monoisotopic (exact) mass is 333 g/mol. The lowest BCUT2D eigenvalue weighted by Gasteiger charge is -2.14. The van der Waals surface area contributed by atoms with Gasteiger partial charge in [0, 0.05) is 10.0 Å². The summed E-state index contributed by atoms with van der Waals surface area (Å²) < 4.78 is 1.00. The molecule has 0 bridgehead atoms. The van der Waals surface area contributed by atoms with Gasteiger partial charge >= 0.3 is 5.97 Å². The van der Waals surface area contributed by atoms with Gasteiger partial charge in [-0.15, -0.1) is 0 Å². The Bertz CT molecular complexity index is 648. The van der Waals surface area contributed by atoms with Gasteiger partial charge < -0.3 is 5.11 Å². The van der Waals surface area contributed by atoms with Gasteiger partial charge in [-0.3, -0.25) is 4.98 Å². The number of aromatic nitrogens is 1. The maximum atomic E-state index is 11.3. The summed E-state index contributed by atoms with van der Waals surface area (Å²) in [6.45, 7) is 5.80. The zero-order valence-corrected chi connectivity index (χ0v) is 13.2. The summed E-state index contributed by atoms with van der Waals surface area (Å²) in [5, 5.41) is 9.29. The van der Waals surface area contributed by atoms with E-state index in [9.17, 15) is 9.90 Å². The summed E-state index contributed by atoms with van der Waals surface area (Å²) in [5.74, 6) is -0.859. The van der Waals surface area contributed by atoms with Gasteiger partial charge in [-0.2, -0.15) is 0 Å². The van der Waals surface area contributed by atoms with E-state index in [-0.39, 0.29) is 5.92 Å². The van der Waals surface area contributed by atoms with E-state index in [4.69, 9.17) is 0 Å². The minimum Gasteiger partial charge on any atom is -0.478 e. The van der Waals surface area contributed by atoms with Crippen molar-refractivity contribution in [3.63, 3.8) is 0 Å². The fourth-order valence-electron chi connectivity index (χ4n) is 2.14. The maximum absolute atomic E-state index is 11.3. The van der Waals surface area contributed by atoms with Crippen LogP contribution in [0, 0.1) is 6.92 Å². The topological polar surface area (TPSA) is 50.2 Å². The summed E-state index contributed by atoms with van der Waals surface area (Å²) in [4.78, 5) is 15.9. The van der Waals surface area contributed by atoms with Crippen molar-refractivity contribution in [2.24, 2.45) is 0 Å². The van der Waals surface area contributed by atoms with E-state index < -0.39 is 5.97 Å². The third-order valence-corrected chi connectivity index (χ3v) is 3.67. The van der Waals surface area contributed by atoms with E-state index in [1.54, 1.807) is 6.07 Å². The number of hydrogen-bond donors (Lipinski definition) is 1. The molecule has 0 radical (unpaired) electrons. The molecule has 0 saturated carbocycles. The predicted octanol–water partition coefficient (Wildman–Crippen LogP) is 4.64. The number of halogens is 1. The Morgan fingerprint density at radius 3 is 2.35 bits per heavy atom. The van der Waals surface area contributed by atoms with Gasteiger partial charge in [-0.25, -0.2) is 4.79 Å². The Balaban J connectivity index is 2.63. The lowest BCUT2D eigenvalue weighted by molar-refractivity contribution is 0.0694. The number of hydrogen-bond acceptors (Lipinski definition) is 2. The van der Waals surface area contributed by atoms with Gasteiger partial charge in [-0.1, -0.05) is 41.9 Å². The molecular weight excluding hydrogens is 318 g/mol. The average molecular weight is 334 g/mol. The van der Waals surface area contributed by atoms with Gasteiger partial charge in [0.2, 0.25) is 0 Å². The van der Waals surface area contributed by atoms with Gasteiger partial charge in [-0.05, 0) is 36.6 Å². The highest BCUT2D eigenvalue weighted by atomic mass is 79.9. The Labute approximate surface area is 126 Å². The molecule has 4 heteroatoms. The van der Waals surface area contributed by atoms with Gasteiger partial charge in [0.05, 0.1) is 17.0 Å². The zero-order valence-electron chi connectivity index (χ0n) is 11.6. The van der Waals surface area contributed by atoms with Crippen molar-refractivity contribution in [1.82, 2.24) is 4.98 Å². The van der Waals surface area contributed by atoms with Crippen molar-refractivity contribution in [3.8, 4) is 11.3 Å². The maximum Gasteiger partial charge on any atom is 0.337 e. The quantitative estimate of drug-likeness (QED) is 0.889. The number of aromatic carboxylic acids is 1. The van der Waals surface area contributed by atoms with E-state index >= 15 is 0 Å². The second-order valence-corrected chi connectivity index (χ2v) is 5.97. The van der Waals surface area contributed by atoms with Crippen LogP contribution in [0.5, 0.6) is 0 Å². The van der Waals surface area contributed by atoms with Gasteiger partial charge in [0.25, 0.3) is 0 Å². The molecule has 0 amide bonds. The van der Waals surface area contributed by atoms with Crippen LogP contribution < -0.4 is 0 Å². The van der Waals surface area contributed by atoms with Crippen LogP contribution in [-0.4, -0.2) is 16.1 Å². The van der Waals surface area contributed by atoms with E-state index in [1.807, 2.05) is 45.0 Å². The highest BCUT2D eigenvalue weighted by Crippen LogP contribution is 2.28. The van der Waals surface area contributed by atoms with E-state index in [2.05, 4.69) is 20.9 Å². The predicted molar refractivity (Wildman–Crippen MR) is 83.2 cm³/mol. The van der Waals surface area contributed by atoms with Crippen LogP contribution in [0.25, 0.3) is 11.3 Å². The van der Waals surface area contributed by atoms with Crippen molar-refractivity contribution < 1.29 is 9.90 Å². The fraction of sp³-hybridized carbons (Fsp3) is 0.250. The van der Waals surface area contributed by atoms with E-state index in [0.29, 0.717) is 11.3 Å². The van der Waals surface area contributed by atoms with Crippen LogP contribution in [0.1, 0.15) is 41.4 Å². The number of carboxylic acid groups (broad SMARTS) is 1. The molecule has 104 valence electrons. The molecule has 1 aromatic carbocycles. The summed E-state index contributed by atoms with van der Waals surface area (Å²) in [6, 6.07) is 9.57. The molecule has 0 fully saturated rings. The second-order valence-electron chi connectivity index (χ2n) is 5.05.